The van der Waals surface area contributed by atoms with Gasteiger partial charge in [-0.15, -0.1) is 0 Å². The molecule has 0 saturated carbocycles. The predicted molar refractivity (Wildman–Crippen MR) is 124 cm³/mol. The Bertz CT molecular complexity index is 1420. The lowest BCUT2D eigenvalue weighted by molar-refractivity contribution is 0.0763. The van der Waals surface area contributed by atoms with E-state index in [9.17, 15) is 4.79 Å². The van der Waals surface area contributed by atoms with Crippen LogP contribution in [0.3, 0.4) is 0 Å². The van der Waals surface area contributed by atoms with Crippen molar-refractivity contribution >= 4 is 34.5 Å². The second kappa shape index (κ2) is 7.93. The number of hydrogen-bond donors (Lipinski definition) is 2. The molecule has 3 heterocycles. The number of nitrogens with zero attached hydrogens (tertiary/aromatic N) is 4. The number of aromatic nitrogens is 4. The Balaban J connectivity index is 1.50. The van der Waals surface area contributed by atoms with Crippen molar-refractivity contribution in [1.82, 2.24) is 24.8 Å². The fourth-order valence-corrected chi connectivity index (χ4v) is 4.42. The number of rotatable bonds is 5. The van der Waals surface area contributed by atoms with Gasteiger partial charge in [0, 0.05) is 23.7 Å². The van der Waals surface area contributed by atoms with Crippen molar-refractivity contribution < 1.29 is 14.3 Å². The van der Waals surface area contributed by atoms with E-state index in [1.54, 1.807) is 32.1 Å². The zero-order valence-electron chi connectivity index (χ0n) is 18.3. The minimum absolute atomic E-state index is 0.0841. The summed E-state index contributed by atoms with van der Waals surface area (Å²) < 4.78 is 10.8. The van der Waals surface area contributed by atoms with E-state index in [4.69, 9.17) is 26.8 Å². The molecule has 9 nitrogen and oxygen atoms in total. The predicted octanol–water partition coefficient (Wildman–Crippen LogP) is 3.74. The molecule has 1 amide bonds. The van der Waals surface area contributed by atoms with Crippen LogP contribution in [0.25, 0.3) is 22.3 Å². The monoisotopic (exact) mass is 464 g/mol. The second-order valence-corrected chi connectivity index (χ2v) is 8.13. The highest BCUT2D eigenvalue weighted by Gasteiger charge is 2.31. The minimum atomic E-state index is -0.0841. The first-order valence-electron chi connectivity index (χ1n) is 10.2. The molecule has 3 N–H and O–H groups in total. The average molecular weight is 465 g/mol. The fourth-order valence-electron chi connectivity index (χ4n) is 4.17. The van der Waals surface area contributed by atoms with Gasteiger partial charge in [0.1, 0.15) is 17.2 Å². The molecule has 168 valence electrons. The van der Waals surface area contributed by atoms with Gasteiger partial charge in [0.25, 0.3) is 5.91 Å². The molecule has 0 aliphatic carbocycles. The molecular formula is C23H21ClN6O3. The number of hydrogen-bond acceptors (Lipinski definition) is 7. The van der Waals surface area contributed by atoms with E-state index in [-0.39, 0.29) is 12.5 Å². The van der Waals surface area contributed by atoms with Gasteiger partial charge in [0.05, 0.1) is 25.8 Å². The Kier molecular flexibility index (Phi) is 5.05. The van der Waals surface area contributed by atoms with Gasteiger partial charge in [0.2, 0.25) is 0 Å². The summed E-state index contributed by atoms with van der Waals surface area (Å²) in [7, 11) is 3.13. The normalized spacial score (nSPS) is 13.0. The molecule has 2 aromatic carbocycles. The quantitative estimate of drug-likeness (QED) is 0.461. The Morgan fingerprint density at radius 3 is 2.58 bits per heavy atom. The van der Waals surface area contributed by atoms with Gasteiger partial charge in [-0.25, -0.2) is 15.0 Å². The lowest BCUT2D eigenvalue weighted by Crippen LogP contribution is -2.23. The lowest BCUT2D eigenvalue weighted by atomic mass is 9.96. The number of nitrogens with two attached hydrogens (primary N) is 1. The van der Waals surface area contributed by atoms with Crippen LogP contribution in [-0.2, 0) is 13.1 Å². The molecule has 33 heavy (non-hydrogen) atoms. The van der Waals surface area contributed by atoms with Crippen LogP contribution in [0.5, 0.6) is 11.5 Å². The van der Waals surface area contributed by atoms with Gasteiger partial charge >= 0.3 is 0 Å². The third-order valence-corrected chi connectivity index (χ3v) is 6.00. The van der Waals surface area contributed by atoms with Crippen LogP contribution in [0, 0.1) is 6.92 Å². The van der Waals surface area contributed by atoms with Crippen LogP contribution < -0.4 is 15.2 Å². The minimum Gasteiger partial charge on any atom is -0.493 e. The van der Waals surface area contributed by atoms with Crippen molar-refractivity contribution in [1.29, 1.82) is 0 Å². The van der Waals surface area contributed by atoms with Crippen LogP contribution in [0.4, 0.5) is 5.82 Å². The highest BCUT2D eigenvalue weighted by atomic mass is 35.5. The zero-order valence-corrected chi connectivity index (χ0v) is 19.0. The Morgan fingerprint density at radius 2 is 1.82 bits per heavy atom. The number of methoxy groups -OCH3 is 2. The molecule has 10 heteroatoms. The number of imidazole rings is 1. The number of aryl methyl sites for hydroxylation is 1. The maximum atomic E-state index is 13.2. The van der Waals surface area contributed by atoms with Gasteiger partial charge in [-0.2, -0.15) is 0 Å². The number of benzene rings is 2. The van der Waals surface area contributed by atoms with E-state index in [0.29, 0.717) is 57.3 Å². The summed E-state index contributed by atoms with van der Waals surface area (Å²) >= 11 is 6.57. The molecule has 0 fully saturated rings. The molecule has 1 aliphatic heterocycles. The number of aromatic amines is 1. The molecule has 0 saturated heterocycles. The Morgan fingerprint density at radius 1 is 1.09 bits per heavy atom. The third-order valence-electron chi connectivity index (χ3n) is 5.69. The van der Waals surface area contributed by atoms with Crippen LogP contribution in [0.2, 0.25) is 5.02 Å². The molecule has 2 aromatic heterocycles. The maximum Gasteiger partial charge on any atom is 0.254 e. The number of nitrogens with one attached hydrogen (secondary N) is 1. The summed E-state index contributed by atoms with van der Waals surface area (Å²) in [5, 5.41) is 0.508. The number of anilines is 1. The van der Waals surface area contributed by atoms with Gasteiger partial charge in [-0.3, -0.25) is 4.79 Å². The molecule has 1 aliphatic rings. The van der Waals surface area contributed by atoms with Crippen molar-refractivity contribution in [3.8, 4) is 22.6 Å². The SMILES string of the molecule is COc1cc(Cl)c(-c2cccc3c2CN(Cc2nc4nc(C)nc(N)c4[nH]2)C3=O)cc1OC. The zero-order chi connectivity index (χ0) is 23.3. The molecule has 5 rings (SSSR count). The van der Waals surface area contributed by atoms with E-state index in [1.165, 1.54) is 0 Å². The first-order valence-corrected chi connectivity index (χ1v) is 10.6. The van der Waals surface area contributed by atoms with Crippen LogP contribution in [-0.4, -0.2) is 45.0 Å². The smallest absolute Gasteiger partial charge is 0.254 e. The van der Waals surface area contributed by atoms with Crippen LogP contribution in [0.15, 0.2) is 30.3 Å². The average Bonchev–Trinajstić information content (AvgIpc) is 3.34. The summed E-state index contributed by atoms with van der Waals surface area (Å²) in [6, 6.07) is 9.16. The summed E-state index contributed by atoms with van der Waals surface area (Å²) in [5.74, 6) is 2.48. The van der Waals surface area contributed by atoms with E-state index in [2.05, 4.69) is 19.9 Å². The first-order chi connectivity index (χ1) is 15.9. The van der Waals surface area contributed by atoms with Gasteiger partial charge in [-0.05, 0) is 30.2 Å². The summed E-state index contributed by atoms with van der Waals surface area (Å²) in [6.07, 6.45) is 0. The Hall–Kier alpha value is -3.85. The number of amides is 1. The van der Waals surface area contributed by atoms with Crippen molar-refractivity contribution in [2.45, 2.75) is 20.0 Å². The fraction of sp³-hybridized carbons (Fsp3) is 0.217. The first kappa shape index (κ1) is 21.0. The van der Waals surface area contributed by atoms with Crippen molar-refractivity contribution in [3.63, 3.8) is 0 Å². The van der Waals surface area contributed by atoms with E-state index in [1.807, 2.05) is 24.3 Å². The van der Waals surface area contributed by atoms with Crippen LogP contribution >= 0.6 is 11.6 Å². The molecule has 0 atom stereocenters. The molecule has 0 unspecified atom stereocenters. The molecule has 0 bridgehead atoms. The molecular weight excluding hydrogens is 444 g/mol. The highest BCUT2D eigenvalue weighted by Crippen LogP contribution is 2.41. The number of H-pyrrole nitrogens is 1. The molecule has 0 spiro atoms. The summed E-state index contributed by atoms with van der Waals surface area (Å²) in [5.41, 5.74) is 10.2. The summed E-state index contributed by atoms with van der Waals surface area (Å²) in [6.45, 7) is 2.44. The topological polar surface area (TPSA) is 119 Å². The van der Waals surface area contributed by atoms with E-state index in [0.717, 1.165) is 16.7 Å². The molecule has 4 aromatic rings. The van der Waals surface area contributed by atoms with E-state index < -0.39 is 0 Å². The van der Waals surface area contributed by atoms with Crippen molar-refractivity contribution in [2.24, 2.45) is 0 Å². The third kappa shape index (κ3) is 3.50. The van der Waals surface area contributed by atoms with Gasteiger partial charge in [-0.1, -0.05) is 23.7 Å². The maximum absolute atomic E-state index is 13.2. The molecule has 0 radical (unpaired) electrons. The standard InChI is InChI=1S/C23H21ClN6O3/c1-11-26-21(25)20-22(27-11)29-19(28-20)10-30-9-15-12(5-4-6-13(15)23(30)31)14-7-17(32-2)18(33-3)8-16(14)24/h4-8H,9-10H2,1-3H3,(H3,25,26,27,28,29). The Labute approximate surface area is 194 Å². The number of ether oxygens (including phenoxy) is 2. The van der Waals surface area contributed by atoms with Crippen molar-refractivity contribution in [2.75, 3.05) is 20.0 Å². The van der Waals surface area contributed by atoms with Gasteiger partial charge in [0.15, 0.2) is 23.0 Å². The van der Waals surface area contributed by atoms with Crippen molar-refractivity contribution in [3.05, 3.63) is 58.1 Å². The van der Waals surface area contributed by atoms with E-state index >= 15 is 0 Å². The van der Waals surface area contributed by atoms with Gasteiger partial charge < -0.3 is 25.1 Å². The number of carbonyl (C=O) groups excluding carboxylic acids is 1. The second-order valence-electron chi connectivity index (χ2n) is 7.72. The highest BCUT2D eigenvalue weighted by molar-refractivity contribution is 6.33. The summed E-state index contributed by atoms with van der Waals surface area (Å²) in [4.78, 5) is 31.0. The largest absolute Gasteiger partial charge is 0.493 e. The number of carbonyl (C=O) groups is 1. The number of fused-ring (bicyclic) bond motifs is 2. The lowest BCUT2D eigenvalue weighted by Gasteiger charge is -2.15. The van der Waals surface area contributed by atoms with Crippen LogP contribution in [0.1, 0.15) is 27.6 Å². The number of nitrogen functional groups attached to an aromatic ring is 1. The number of halogens is 1.